The van der Waals surface area contributed by atoms with Crippen LogP contribution in [0.1, 0.15) is 25.6 Å². The number of fused-ring (bicyclic) bond motifs is 1. The minimum absolute atomic E-state index is 0.0285. The number of methoxy groups -OCH3 is 1. The van der Waals surface area contributed by atoms with Gasteiger partial charge in [0.05, 0.1) is 12.6 Å². The zero-order valence-corrected chi connectivity index (χ0v) is 13.3. The molecule has 5 heteroatoms. The van der Waals surface area contributed by atoms with Crippen molar-refractivity contribution in [1.29, 1.82) is 0 Å². The molecule has 2 aromatic rings. The average Bonchev–Trinajstić information content (AvgIpc) is 2.87. The summed E-state index contributed by atoms with van der Waals surface area (Å²) in [6.45, 7) is 3.87. The van der Waals surface area contributed by atoms with Gasteiger partial charge in [0.25, 0.3) is 0 Å². The van der Waals surface area contributed by atoms with E-state index < -0.39 is 0 Å². The molecule has 3 rings (SSSR count). The monoisotopic (exact) mass is 308 g/mol. The summed E-state index contributed by atoms with van der Waals surface area (Å²) in [6, 6.07) is 6.09. The normalized spacial score (nSPS) is 18.0. The molecule has 0 saturated carbocycles. The highest BCUT2D eigenvalue weighted by Gasteiger charge is 2.33. The van der Waals surface area contributed by atoms with Crippen molar-refractivity contribution in [3.63, 3.8) is 0 Å². The van der Waals surface area contributed by atoms with Gasteiger partial charge in [-0.2, -0.15) is 0 Å². The van der Waals surface area contributed by atoms with Crippen LogP contribution in [0.4, 0.5) is 0 Å². The third-order valence-corrected chi connectivity index (χ3v) is 4.55. The summed E-state index contributed by atoms with van der Waals surface area (Å²) in [5.74, 6) is 2.42. The highest BCUT2D eigenvalue weighted by atomic mass is 35.5. The van der Waals surface area contributed by atoms with Gasteiger partial charge < -0.3 is 14.0 Å². The lowest BCUT2D eigenvalue weighted by atomic mass is 9.91. The molecule has 0 N–H and O–H groups in total. The van der Waals surface area contributed by atoms with Gasteiger partial charge in [-0.3, -0.25) is 0 Å². The van der Waals surface area contributed by atoms with E-state index >= 15 is 0 Å². The molecule has 1 saturated heterocycles. The molecule has 4 nitrogen and oxygen atoms in total. The Hall–Kier alpha value is -1.26. The molecule has 0 bridgehead atoms. The number of hydrogen-bond donors (Lipinski definition) is 0. The fourth-order valence-electron chi connectivity index (χ4n) is 3.18. The standard InChI is InChI=1S/C16H21ClN2O2/c1-16(7-10-21-11-8-16)19-12-4-3-5-13(20-2)15(12)18-14(19)6-9-17/h3-5H,6-11H2,1-2H3. The van der Waals surface area contributed by atoms with E-state index in [-0.39, 0.29) is 5.54 Å². The molecule has 1 aliphatic heterocycles. The zero-order valence-electron chi connectivity index (χ0n) is 12.6. The second kappa shape index (κ2) is 5.85. The number of halogens is 1. The van der Waals surface area contributed by atoms with E-state index in [2.05, 4.69) is 17.6 Å². The van der Waals surface area contributed by atoms with Crippen LogP contribution in [0.25, 0.3) is 11.0 Å². The number of benzene rings is 1. The third kappa shape index (κ3) is 2.51. The Labute approximate surface area is 130 Å². The SMILES string of the molecule is COc1cccc2c1nc(CCCl)n2C1(C)CCOCC1. The van der Waals surface area contributed by atoms with Crippen molar-refractivity contribution in [2.45, 2.75) is 31.7 Å². The van der Waals surface area contributed by atoms with E-state index in [1.54, 1.807) is 7.11 Å². The third-order valence-electron chi connectivity index (χ3n) is 4.37. The first-order chi connectivity index (χ1) is 10.2. The van der Waals surface area contributed by atoms with Crippen LogP contribution in [0.3, 0.4) is 0 Å². The van der Waals surface area contributed by atoms with E-state index in [9.17, 15) is 0 Å². The molecule has 114 valence electrons. The van der Waals surface area contributed by atoms with Crippen LogP contribution < -0.4 is 4.74 Å². The molecular formula is C16H21ClN2O2. The van der Waals surface area contributed by atoms with Crippen molar-refractivity contribution in [3.8, 4) is 5.75 Å². The van der Waals surface area contributed by atoms with Gasteiger partial charge in [-0.15, -0.1) is 11.6 Å². The second-order valence-electron chi connectivity index (χ2n) is 5.74. The average molecular weight is 309 g/mol. The van der Waals surface area contributed by atoms with Crippen LogP contribution in [0.5, 0.6) is 5.75 Å². The lowest BCUT2D eigenvalue weighted by Crippen LogP contribution is -2.37. The summed E-state index contributed by atoms with van der Waals surface area (Å²) in [5.41, 5.74) is 2.08. The summed E-state index contributed by atoms with van der Waals surface area (Å²) in [5, 5.41) is 0. The summed E-state index contributed by atoms with van der Waals surface area (Å²) < 4.78 is 13.4. The van der Waals surface area contributed by atoms with E-state index in [1.807, 2.05) is 12.1 Å². The summed E-state index contributed by atoms with van der Waals surface area (Å²) in [6.07, 6.45) is 2.74. The fourth-order valence-corrected chi connectivity index (χ4v) is 3.34. The fraction of sp³-hybridized carbons (Fsp3) is 0.562. The molecule has 1 aromatic heterocycles. The van der Waals surface area contributed by atoms with Crippen LogP contribution in [0, 0.1) is 0 Å². The Morgan fingerprint density at radius 2 is 2.14 bits per heavy atom. The number of nitrogens with zero attached hydrogens (tertiary/aromatic N) is 2. The number of aromatic nitrogens is 2. The molecule has 0 atom stereocenters. The number of para-hydroxylation sites is 1. The van der Waals surface area contributed by atoms with Gasteiger partial charge in [-0.25, -0.2) is 4.98 Å². The molecule has 0 amide bonds. The highest BCUT2D eigenvalue weighted by molar-refractivity contribution is 6.17. The quantitative estimate of drug-likeness (QED) is 0.813. The molecule has 1 fully saturated rings. The maximum atomic E-state index is 5.98. The molecule has 2 heterocycles. The number of aryl methyl sites for hydroxylation is 1. The van der Waals surface area contributed by atoms with Crippen molar-refractivity contribution in [2.24, 2.45) is 0 Å². The van der Waals surface area contributed by atoms with Gasteiger partial charge in [-0.1, -0.05) is 6.07 Å². The Morgan fingerprint density at radius 1 is 1.38 bits per heavy atom. The van der Waals surface area contributed by atoms with Crippen LogP contribution in [0.2, 0.25) is 0 Å². The summed E-state index contributed by atoms with van der Waals surface area (Å²) >= 11 is 5.98. The second-order valence-corrected chi connectivity index (χ2v) is 6.12. The molecule has 0 aliphatic carbocycles. The predicted octanol–water partition coefficient (Wildman–Crippen LogP) is 3.35. The number of alkyl halides is 1. The Morgan fingerprint density at radius 3 is 2.81 bits per heavy atom. The van der Waals surface area contributed by atoms with E-state index in [0.717, 1.165) is 55.1 Å². The van der Waals surface area contributed by atoms with Gasteiger partial charge >= 0.3 is 0 Å². The lowest BCUT2D eigenvalue weighted by molar-refractivity contribution is 0.0301. The molecular weight excluding hydrogens is 288 g/mol. The molecule has 1 aromatic carbocycles. The van der Waals surface area contributed by atoms with E-state index in [4.69, 9.17) is 26.1 Å². The number of hydrogen-bond acceptors (Lipinski definition) is 3. The summed E-state index contributed by atoms with van der Waals surface area (Å²) in [4.78, 5) is 4.81. The predicted molar refractivity (Wildman–Crippen MR) is 84.4 cm³/mol. The number of imidazole rings is 1. The van der Waals surface area contributed by atoms with Crippen molar-refractivity contribution in [3.05, 3.63) is 24.0 Å². The van der Waals surface area contributed by atoms with Gasteiger partial charge in [0, 0.05) is 31.1 Å². The Bertz CT molecular complexity index is 632. The van der Waals surface area contributed by atoms with E-state index in [0.29, 0.717) is 5.88 Å². The van der Waals surface area contributed by atoms with Crippen molar-refractivity contribution in [1.82, 2.24) is 9.55 Å². The van der Waals surface area contributed by atoms with Gasteiger partial charge in [0.15, 0.2) is 0 Å². The first-order valence-electron chi connectivity index (χ1n) is 7.38. The molecule has 21 heavy (non-hydrogen) atoms. The van der Waals surface area contributed by atoms with Crippen molar-refractivity contribution >= 4 is 22.6 Å². The topological polar surface area (TPSA) is 36.3 Å². The lowest BCUT2D eigenvalue weighted by Gasteiger charge is -2.36. The molecule has 0 spiro atoms. The maximum Gasteiger partial charge on any atom is 0.146 e. The van der Waals surface area contributed by atoms with Crippen LogP contribution in [-0.4, -0.2) is 35.8 Å². The van der Waals surface area contributed by atoms with Crippen molar-refractivity contribution in [2.75, 3.05) is 26.2 Å². The first kappa shape index (κ1) is 14.7. The minimum Gasteiger partial charge on any atom is -0.494 e. The van der Waals surface area contributed by atoms with Gasteiger partial charge in [0.1, 0.15) is 17.1 Å². The first-order valence-corrected chi connectivity index (χ1v) is 7.91. The molecule has 0 radical (unpaired) electrons. The van der Waals surface area contributed by atoms with Gasteiger partial charge in [0.2, 0.25) is 0 Å². The minimum atomic E-state index is 0.0285. The van der Waals surface area contributed by atoms with Crippen LogP contribution in [0.15, 0.2) is 18.2 Å². The molecule has 1 aliphatic rings. The van der Waals surface area contributed by atoms with Gasteiger partial charge in [-0.05, 0) is 31.9 Å². The Balaban J connectivity index is 2.20. The van der Waals surface area contributed by atoms with E-state index in [1.165, 1.54) is 0 Å². The summed E-state index contributed by atoms with van der Waals surface area (Å²) in [7, 11) is 1.69. The van der Waals surface area contributed by atoms with Crippen LogP contribution >= 0.6 is 11.6 Å². The zero-order chi connectivity index (χ0) is 14.9. The largest absolute Gasteiger partial charge is 0.494 e. The van der Waals surface area contributed by atoms with Crippen molar-refractivity contribution < 1.29 is 9.47 Å². The molecule has 0 unspecified atom stereocenters. The Kier molecular flexibility index (Phi) is 4.09. The smallest absolute Gasteiger partial charge is 0.146 e. The maximum absolute atomic E-state index is 5.98. The number of ether oxygens (including phenoxy) is 2. The number of rotatable bonds is 4. The highest BCUT2D eigenvalue weighted by Crippen LogP contribution is 2.36. The van der Waals surface area contributed by atoms with Crippen LogP contribution in [-0.2, 0) is 16.7 Å².